The van der Waals surface area contributed by atoms with Gasteiger partial charge in [-0.2, -0.15) is 0 Å². The van der Waals surface area contributed by atoms with Gasteiger partial charge in [0.2, 0.25) is 0 Å². The van der Waals surface area contributed by atoms with E-state index >= 15 is 0 Å². The fraction of sp³-hybridized carbons (Fsp3) is 1.00. The summed E-state index contributed by atoms with van der Waals surface area (Å²) in [6, 6.07) is 0. The molecule has 52 valence electrons. The minimum absolute atomic E-state index is 0.304. The van der Waals surface area contributed by atoms with Gasteiger partial charge in [0.25, 0.3) is 0 Å². The van der Waals surface area contributed by atoms with Gasteiger partial charge in [-0.3, -0.25) is 0 Å². The van der Waals surface area contributed by atoms with Crippen molar-refractivity contribution < 1.29 is 4.74 Å². The minimum atomic E-state index is 0.304. The molecular weight excluding hydrogens is 180 g/mol. The van der Waals surface area contributed by atoms with E-state index in [0.717, 1.165) is 6.61 Å². The summed E-state index contributed by atoms with van der Waals surface area (Å²) in [5.74, 6) is 0. The predicted octanol–water partition coefficient (Wildman–Crippen LogP) is 2.09. The molecule has 2 unspecified atom stereocenters. The second kappa shape index (κ2) is 1.96. The normalized spacial score (nSPS) is 49.7. The molecule has 0 aromatic rings. The van der Waals surface area contributed by atoms with Gasteiger partial charge >= 0.3 is 0 Å². The van der Waals surface area contributed by atoms with Crippen LogP contribution in [0, 0.1) is 0 Å². The van der Waals surface area contributed by atoms with E-state index in [9.17, 15) is 0 Å². The first-order chi connectivity index (χ1) is 4.33. The zero-order valence-electron chi connectivity index (χ0n) is 5.40. The highest BCUT2D eigenvalue weighted by Gasteiger charge is 2.51. The summed E-state index contributed by atoms with van der Waals surface area (Å²) in [6.07, 6.45) is 5.33. The maximum atomic E-state index is 5.40. The molecule has 2 atom stereocenters. The molecule has 1 nitrogen and oxygen atoms in total. The molecule has 9 heavy (non-hydrogen) atoms. The van der Waals surface area contributed by atoms with Crippen LogP contribution in [0.2, 0.25) is 0 Å². The highest BCUT2D eigenvalue weighted by molar-refractivity contribution is 9.09. The van der Waals surface area contributed by atoms with Gasteiger partial charge in [0, 0.05) is 4.83 Å². The van der Waals surface area contributed by atoms with Crippen LogP contribution < -0.4 is 0 Å². The first-order valence-corrected chi connectivity index (χ1v) is 4.53. The summed E-state index contributed by atoms with van der Waals surface area (Å²) in [6.45, 7) is 1.00. The third-order valence-electron chi connectivity index (χ3n) is 2.39. The number of ether oxygens (including phenoxy) is 1. The van der Waals surface area contributed by atoms with Crippen LogP contribution in [-0.4, -0.2) is 17.0 Å². The maximum Gasteiger partial charge on any atom is 0.104 e. The number of halogens is 1. The highest BCUT2D eigenvalue weighted by atomic mass is 79.9. The summed E-state index contributed by atoms with van der Waals surface area (Å²) in [4.78, 5) is 0.652. The van der Waals surface area contributed by atoms with Gasteiger partial charge in [-0.1, -0.05) is 28.8 Å². The van der Waals surface area contributed by atoms with Gasteiger partial charge in [0.15, 0.2) is 0 Å². The van der Waals surface area contributed by atoms with Gasteiger partial charge < -0.3 is 4.74 Å². The van der Waals surface area contributed by atoms with Crippen molar-refractivity contribution in [2.24, 2.45) is 0 Å². The Morgan fingerprint density at radius 1 is 1.44 bits per heavy atom. The van der Waals surface area contributed by atoms with E-state index in [1.165, 1.54) is 25.7 Å². The van der Waals surface area contributed by atoms with Crippen LogP contribution in [0.5, 0.6) is 0 Å². The van der Waals surface area contributed by atoms with Crippen LogP contribution in [0.15, 0.2) is 0 Å². The SMILES string of the molecule is BrC1CCCCC12CO2. The van der Waals surface area contributed by atoms with Gasteiger partial charge in [-0.25, -0.2) is 0 Å². The van der Waals surface area contributed by atoms with E-state index in [1.54, 1.807) is 0 Å². The molecule has 2 rings (SSSR count). The summed E-state index contributed by atoms with van der Waals surface area (Å²) >= 11 is 3.65. The van der Waals surface area contributed by atoms with E-state index in [1.807, 2.05) is 0 Å². The lowest BCUT2D eigenvalue weighted by atomic mass is 9.90. The summed E-state index contributed by atoms with van der Waals surface area (Å²) in [5, 5.41) is 0. The first-order valence-electron chi connectivity index (χ1n) is 3.62. The Morgan fingerprint density at radius 2 is 2.22 bits per heavy atom. The molecule has 2 heteroatoms. The number of hydrogen-bond donors (Lipinski definition) is 0. The lowest BCUT2D eigenvalue weighted by Gasteiger charge is -2.23. The average molecular weight is 191 g/mol. The Bertz CT molecular complexity index is 120. The van der Waals surface area contributed by atoms with Crippen LogP contribution in [0.25, 0.3) is 0 Å². The van der Waals surface area contributed by atoms with Gasteiger partial charge in [0.05, 0.1) is 6.61 Å². The Hall–Kier alpha value is 0.440. The molecule has 2 aliphatic rings. The standard InChI is InChI=1S/C7H11BrO/c8-6-3-1-2-4-7(6)5-9-7/h6H,1-5H2. The molecule has 1 aliphatic heterocycles. The molecule has 1 saturated heterocycles. The fourth-order valence-electron chi connectivity index (χ4n) is 1.59. The van der Waals surface area contributed by atoms with Crippen LogP contribution in [0.1, 0.15) is 25.7 Å². The van der Waals surface area contributed by atoms with Gasteiger partial charge in [-0.15, -0.1) is 0 Å². The van der Waals surface area contributed by atoms with E-state index in [0.29, 0.717) is 10.4 Å². The zero-order chi connectivity index (χ0) is 6.32. The summed E-state index contributed by atoms with van der Waals surface area (Å²) in [5.41, 5.74) is 0.304. The van der Waals surface area contributed by atoms with Crippen molar-refractivity contribution in [1.82, 2.24) is 0 Å². The smallest absolute Gasteiger partial charge is 0.104 e. The Kier molecular flexibility index (Phi) is 1.34. The van der Waals surface area contributed by atoms with Crippen LogP contribution in [-0.2, 0) is 4.74 Å². The third kappa shape index (κ3) is 0.926. The number of rotatable bonds is 0. The van der Waals surface area contributed by atoms with Crippen molar-refractivity contribution in [3.63, 3.8) is 0 Å². The highest BCUT2D eigenvalue weighted by Crippen LogP contribution is 2.45. The monoisotopic (exact) mass is 190 g/mol. The molecule has 0 aromatic heterocycles. The lowest BCUT2D eigenvalue weighted by Crippen LogP contribution is -2.28. The second-order valence-corrected chi connectivity index (χ2v) is 4.17. The van der Waals surface area contributed by atoms with Crippen molar-refractivity contribution in [2.45, 2.75) is 36.1 Å². The van der Waals surface area contributed by atoms with Crippen LogP contribution in [0.3, 0.4) is 0 Å². The predicted molar refractivity (Wildman–Crippen MR) is 39.9 cm³/mol. The van der Waals surface area contributed by atoms with Crippen molar-refractivity contribution in [2.75, 3.05) is 6.61 Å². The molecule has 1 aliphatic carbocycles. The Balaban J connectivity index is 2.03. The molecule has 0 aromatic carbocycles. The molecule has 0 radical (unpaired) electrons. The van der Waals surface area contributed by atoms with Crippen molar-refractivity contribution in [1.29, 1.82) is 0 Å². The lowest BCUT2D eigenvalue weighted by molar-refractivity contribution is 0.247. The summed E-state index contributed by atoms with van der Waals surface area (Å²) < 4.78 is 5.40. The van der Waals surface area contributed by atoms with Crippen molar-refractivity contribution in [3.8, 4) is 0 Å². The molecule has 0 bridgehead atoms. The van der Waals surface area contributed by atoms with Crippen LogP contribution in [0.4, 0.5) is 0 Å². The Labute approximate surface area is 63.9 Å². The van der Waals surface area contributed by atoms with Crippen LogP contribution >= 0.6 is 15.9 Å². The minimum Gasteiger partial charge on any atom is -0.368 e. The number of epoxide rings is 1. The zero-order valence-corrected chi connectivity index (χ0v) is 6.99. The number of alkyl halides is 1. The van der Waals surface area contributed by atoms with Gasteiger partial charge in [0.1, 0.15) is 5.60 Å². The quantitative estimate of drug-likeness (QED) is 0.422. The molecule has 1 saturated carbocycles. The molecule has 0 N–H and O–H groups in total. The van der Waals surface area contributed by atoms with Gasteiger partial charge in [-0.05, 0) is 12.8 Å². The second-order valence-electron chi connectivity index (χ2n) is 3.07. The molecule has 1 spiro atoms. The van der Waals surface area contributed by atoms with E-state index < -0.39 is 0 Å². The van der Waals surface area contributed by atoms with E-state index in [-0.39, 0.29) is 0 Å². The molecule has 2 fully saturated rings. The maximum absolute atomic E-state index is 5.40. The summed E-state index contributed by atoms with van der Waals surface area (Å²) in [7, 11) is 0. The molecule has 1 heterocycles. The Morgan fingerprint density at radius 3 is 2.67 bits per heavy atom. The topological polar surface area (TPSA) is 12.5 Å². The fourth-order valence-corrected chi connectivity index (χ4v) is 2.40. The number of hydrogen-bond acceptors (Lipinski definition) is 1. The van der Waals surface area contributed by atoms with E-state index in [4.69, 9.17) is 4.74 Å². The van der Waals surface area contributed by atoms with E-state index in [2.05, 4.69) is 15.9 Å². The van der Waals surface area contributed by atoms with Crippen molar-refractivity contribution in [3.05, 3.63) is 0 Å². The molecular formula is C7H11BrO. The third-order valence-corrected chi connectivity index (χ3v) is 3.69. The largest absolute Gasteiger partial charge is 0.368 e. The average Bonchev–Trinajstić information content (AvgIpc) is 2.60. The molecule has 0 amide bonds. The first kappa shape index (κ1) is 6.17. The van der Waals surface area contributed by atoms with Crippen molar-refractivity contribution >= 4 is 15.9 Å².